The van der Waals surface area contributed by atoms with Crippen molar-refractivity contribution in [3.8, 4) is 0 Å². The summed E-state index contributed by atoms with van der Waals surface area (Å²) >= 11 is 6.23. The molecule has 1 aromatic carbocycles. The van der Waals surface area contributed by atoms with Crippen LogP contribution in [0.3, 0.4) is 0 Å². The summed E-state index contributed by atoms with van der Waals surface area (Å²) in [5.41, 5.74) is 2.43. The van der Waals surface area contributed by atoms with Gasteiger partial charge in [-0.3, -0.25) is 0 Å². The molecule has 1 aromatic heterocycles. The Balaban J connectivity index is 1.80. The fourth-order valence-electron chi connectivity index (χ4n) is 2.72. The molecule has 1 heterocycles. The van der Waals surface area contributed by atoms with E-state index in [0.29, 0.717) is 11.2 Å². The van der Waals surface area contributed by atoms with Gasteiger partial charge in [0.1, 0.15) is 0 Å². The molecule has 1 aliphatic carbocycles. The van der Waals surface area contributed by atoms with Gasteiger partial charge in [0.05, 0.1) is 5.69 Å². The van der Waals surface area contributed by atoms with Crippen LogP contribution in [0.25, 0.3) is 0 Å². The highest BCUT2D eigenvalue weighted by Crippen LogP contribution is 2.34. The van der Waals surface area contributed by atoms with Crippen LogP contribution < -0.4 is 0 Å². The van der Waals surface area contributed by atoms with E-state index >= 15 is 0 Å². The standard InChI is InChI=1S/C15H17ClN2/c16-15-17-14(13-8-4-5-9-13)11-18(15)10-12-6-2-1-3-7-12/h1-3,6-7,11,13H,4-5,8-10H2. The van der Waals surface area contributed by atoms with Crippen molar-refractivity contribution in [1.82, 2.24) is 9.55 Å². The van der Waals surface area contributed by atoms with Gasteiger partial charge in [-0.1, -0.05) is 43.2 Å². The Morgan fingerprint density at radius 2 is 1.89 bits per heavy atom. The molecule has 0 amide bonds. The number of imidazole rings is 1. The van der Waals surface area contributed by atoms with Gasteiger partial charge >= 0.3 is 0 Å². The van der Waals surface area contributed by atoms with E-state index in [-0.39, 0.29) is 0 Å². The molecule has 2 aromatic rings. The third-order valence-corrected chi connectivity index (χ3v) is 4.02. The molecule has 1 aliphatic rings. The van der Waals surface area contributed by atoms with Gasteiger partial charge < -0.3 is 4.57 Å². The highest BCUT2D eigenvalue weighted by Gasteiger charge is 2.20. The quantitative estimate of drug-likeness (QED) is 0.807. The zero-order valence-electron chi connectivity index (χ0n) is 10.3. The largest absolute Gasteiger partial charge is 0.317 e. The van der Waals surface area contributed by atoms with Crippen molar-refractivity contribution in [1.29, 1.82) is 0 Å². The van der Waals surface area contributed by atoms with Crippen LogP contribution >= 0.6 is 11.6 Å². The van der Waals surface area contributed by atoms with Crippen LogP contribution in [-0.2, 0) is 6.54 Å². The van der Waals surface area contributed by atoms with Crippen LogP contribution in [0.1, 0.15) is 42.9 Å². The van der Waals surface area contributed by atoms with E-state index in [4.69, 9.17) is 11.6 Å². The van der Waals surface area contributed by atoms with Gasteiger partial charge in [-0.25, -0.2) is 4.98 Å². The van der Waals surface area contributed by atoms with Crippen molar-refractivity contribution in [3.63, 3.8) is 0 Å². The summed E-state index contributed by atoms with van der Waals surface area (Å²) in [6, 6.07) is 10.4. The van der Waals surface area contributed by atoms with Crippen LogP contribution in [0.5, 0.6) is 0 Å². The normalized spacial score (nSPS) is 16.3. The molecule has 0 spiro atoms. The average molecular weight is 261 g/mol. The number of hydrogen-bond acceptors (Lipinski definition) is 1. The minimum Gasteiger partial charge on any atom is -0.317 e. The Labute approximate surface area is 113 Å². The predicted molar refractivity (Wildman–Crippen MR) is 74.0 cm³/mol. The number of aromatic nitrogens is 2. The topological polar surface area (TPSA) is 17.8 Å². The monoisotopic (exact) mass is 260 g/mol. The van der Waals surface area contributed by atoms with Gasteiger partial charge in [-0.2, -0.15) is 0 Å². The minimum absolute atomic E-state index is 0.612. The fourth-order valence-corrected chi connectivity index (χ4v) is 2.93. The maximum atomic E-state index is 6.23. The number of rotatable bonds is 3. The average Bonchev–Trinajstić information content (AvgIpc) is 3.01. The van der Waals surface area contributed by atoms with Crippen LogP contribution in [-0.4, -0.2) is 9.55 Å². The molecule has 3 rings (SSSR count). The SMILES string of the molecule is Clc1nc(C2CCCC2)cn1Cc1ccccc1. The molecule has 1 fully saturated rings. The molecule has 0 aliphatic heterocycles. The molecule has 2 nitrogen and oxygen atoms in total. The molecular formula is C15H17ClN2. The molecule has 0 N–H and O–H groups in total. The van der Waals surface area contributed by atoms with Crippen molar-refractivity contribution in [2.75, 3.05) is 0 Å². The van der Waals surface area contributed by atoms with Crippen LogP contribution in [0.15, 0.2) is 36.5 Å². The van der Waals surface area contributed by atoms with E-state index in [2.05, 4.69) is 35.4 Å². The second-order valence-electron chi connectivity index (χ2n) is 5.03. The number of halogens is 1. The molecule has 1 saturated carbocycles. The molecule has 18 heavy (non-hydrogen) atoms. The van der Waals surface area contributed by atoms with Crippen LogP contribution in [0.2, 0.25) is 5.28 Å². The van der Waals surface area contributed by atoms with E-state index in [9.17, 15) is 0 Å². The minimum atomic E-state index is 0.612. The Bertz CT molecular complexity index is 513. The van der Waals surface area contributed by atoms with Gasteiger partial charge in [0.25, 0.3) is 0 Å². The Morgan fingerprint density at radius 3 is 2.61 bits per heavy atom. The van der Waals surface area contributed by atoms with Crippen molar-refractivity contribution in [2.24, 2.45) is 0 Å². The lowest BCUT2D eigenvalue weighted by Gasteiger charge is -2.04. The van der Waals surface area contributed by atoms with Gasteiger partial charge in [0, 0.05) is 18.7 Å². The second kappa shape index (κ2) is 5.15. The van der Waals surface area contributed by atoms with E-state index in [1.54, 1.807) is 0 Å². The summed E-state index contributed by atoms with van der Waals surface area (Å²) in [6.07, 6.45) is 7.31. The molecule has 0 bridgehead atoms. The van der Waals surface area contributed by atoms with Gasteiger partial charge in [-0.05, 0) is 30.0 Å². The molecule has 94 valence electrons. The maximum Gasteiger partial charge on any atom is 0.203 e. The Kier molecular flexibility index (Phi) is 3.37. The number of nitrogens with zero attached hydrogens (tertiary/aromatic N) is 2. The Morgan fingerprint density at radius 1 is 1.17 bits per heavy atom. The lowest BCUT2D eigenvalue weighted by molar-refractivity contribution is 0.699. The first kappa shape index (κ1) is 11.8. The molecule has 0 unspecified atom stereocenters. The van der Waals surface area contributed by atoms with Gasteiger partial charge in [0.2, 0.25) is 5.28 Å². The maximum absolute atomic E-state index is 6.23. The Hall–Kier alpha value is -1.28. The molecule has 0 atom stereocenters. The highest BCUT2D eigenvalue weighted by atomic mass is 35.5. The van der Waals surface area contributed by atoms with Crippen LogP contribution in [0.4, 0.5) is 0 Å². The zero-order valence-corrected chi connectivity index (χ0v) is 11.1. The lowest BCUT2D eigenvalue weighted by atomic mass is 10.1. The van der Waals surface area contributed by atoms with E-state index < -0.39 is 0 Å². The van der Waals surface area contributed by atoms with E-state index in [1.807, 2.05) is 10.6 Å². The van der Waals surface area contributed by atoms with Crippen molar-refractivity contribution in [3.05, 3.63) is 53.1 Å². The summed E-state index contributed by atoms with van der Waals surface area (Å²) < 4.78 is 2.05. The first-order chi connectivity index (χ1) is 8.83. The van der Waals surface area contributed by atoms with Crippen molar-refractivity contribution < 1.29 is 0 Å². The summed E-state index contributed by atoms with van der Waals surface area (Å²) in [7, 11) is 0. The number of benzene rings is 1. The van der Waals surface area contributed by atoms with Crippen molar-refractivity contribution in [2.45, 2.75) is 38.1 Å². The van der Waals surface area contributed by atoms with E-state index in [0.717, 1.165) is 6.54 Å². The number of hydrogen-bond donors (Lipinski definition) is 0. The van der Waals surface area contributed by atoms with Crippen LogP contribution in [0, 0.1) is 0 Å². The van der Waals surface area contributed by atoms with Gasteiger partial charge in [-0.15, -0.1) is 0 Å². The smallest absolute Gasteiger partial charge is 0.203 e. The second-order valence-corrected chi connectivity index (χ2v) is 5.37. The zero-order chi connectivity index (χ0) is 12.4. The molecular weight excluding hydrogens is 244 g/mol. The summed E-state index contributed by atoms with van der Waals surface area (Å²) in [4.78, 5) is 4.52. The summed E-state index contributed by atoms with van der Waals surface area (Å²) in [5.74, 6) is 0.625. The molecule has 0 saturated heterocycles. The fraction of sp³-hybridized carbons (Fsp3) is 0.400. The first-order valence-corrected chi connectivity index (χ1v) is 6.97. The first-order valence-electron chi connectivity index (χ1n) is 6.59. The predicted octanol–water partition coefficient (Wildman–Crippen LogP) is 4.24. The van der Waals surface area contributed by atoms with Gasteiger partial charge in [0.15, 0.2) is 0 Å². The van der Waals surface area contributed by atoms with E-state index in [1.165, 1.54) is 36.9 Å². The third kappa shape index (κ3) is 2.44. The molecule has 3 heteroatoms. The lowest BCUT2D eigenvalue weighted by Crippen LogP contribution is -1.98. The third-order valence-electron chi connectivity index (χ3n) is 3.72. The molecule has 0 radical (unpaired) electrons. The summed E-state index contributed by atoms with van der Waals surface area (Å²) in [6.45, 7) is 0.805. The highest BCUT2D eigenvalue weighted by molar-refractivity contribution is 6.28. The van der Waals surface area contributed by atoms with Crippen molar-refractivity contribution >= 4 is 11.6 Å². The summed E-state index contributed by atoms with van der Waals surface area (Å²) in [5, 5.41) is 0.612.